The van der Waals surface area contributed by atoms with E-state index in [2.05, 4.69) is 50.6 Å². The summed E-state index contributed by atoms with van der Waals surface area (Å²) in [5.74, 6) is 2.31. The Morgan fingerprint density at radius 1 is 1.39 bits per heavy atom. The second kappa shape index (κ2) is 7.98. The summed E-state index contributed by atoms with van der Waals surface area (Å²) < 4.78 is 9.99. The van der Waals surface area contributed by atoms with Gasteiger partial charge in [0.1, 0.15) is 14.1 Å². The Labute approximate surface area is 140 Å². The summed E-state index contributed by atoms with van der Waals surface area (Å²) in [5.41, 5.74) is 3.36. The minimum atomic E-state index is -1.73. The van der Waals surface area contributed by atoms with Gasteiger partial charge in [0, 0.05) is 13.0 Å². The van der Waals surface area contributed by atoms with Gasteiger partial charge in [0.15, 0.2) is 0 Å². The molecular formula is C17H29NO4Si. The maximum atomic E-state index is 12.2. The Morgan fingerprint density at radius 2 is 2.04 bits per heavy atom. The smallest absolute Gasteiger partial charge is 0.329 e. The molecule has 1 heterocycles. The number of hydrogen-bond donors (Lipinski definition) is 1. The van der Waals surface area contributed by atoms with Crippen LogP contribution in [0.15, 0.2) is 0 Å². The molecule has 0 aromatic carbocycles. The molecule has 0 unspecified atom stereocenters. The summed E-state index contributed by atoms with van der Waals surface area (Å²) in [5, 5.41) is 2.91. The van der Waals surface area contributed by atoms with E-state index in [9.17, 15) is 9.59 Å². The summed E-state index contributed by atoms with van der Waals surface area (Å²) in [4.78, 5) is 24.0. The predicted molar refractivity (Wildman–Crippen MR) is 92.5 cm³/mol. The molecule has 1 aliphatic rings. The van der Waals surface area contributed by atoms with E-state index >= 15 is 0 Å². The van der Waals surface area contributed by atoms with Crippen LogP contribution in [0.25, 0.3) is 0 Å². The fourth-order valence-electron chi connectivity index (χ4n) is 1.93. The summed E-state index contributed by atoms with van der Waals surface area (Å²) in [6.45, 7) is 12.0. The molecule has 6 heteroatoms. The van der Waals surface area contributed by atoms with Gasteiger partial charge in [0.05, 0.1) is 19.6 Å². The van der Waals surface area contributed by atoms with E-state index in [0.29, 0.717) is 19.6 Å². The monoisotopic (exact) mass is 339 g/mol. The van der Waals surface area contributed by atoms with Gasteiger partial charge in [-0.15, -0.1) is 11.5 Å². The number of methoxy groups -OCH3 is 1. The summed E-state index contributed by atoms with van der Waals surface area (Å²) in [6.07, 6.45) is 0.966. The Morgan fingerprint density at radius 3 is 2.52 bits per heavy atom. The molecule has 1 rings (SSSR count). The lowest BCUT2D eigenvalue weighted by molar-refractivity contribution is -0.145. The molecule has 1 amide bonds. The molecule has 0 aromatic rings. The maximum Gasteiger partial charge on any atom is 0.329 e. The third-order valence-electron chi connectivity index (χ3n) is 4.68. The first-order valence-electron chi connectivity index (χ1n) is 8.04. The number of esters is 1. The van der Waals surface area contributed by atoms with E-state index < -0.39 is 20.1 Å². The SMILES string of the molecule is COC(=O)[C@H](CC#C[Si](C)(C)C(C)(C)C)NC(=O)[C@H]1CCOC1. The molecule has 0 spiro atoms. The lowest BCUT2D eigenvalue weighted by Gasteiger charge is -2.31. The first kappa shape index (κ1) is 19.7. The average Bonchev–Trinajstić information content (AvgIpc) is 2.98. The van der Waals surface area contributed by atoms with Crippen LogP contribution in [0, 0.1) is 17.4 Å². The highest BCUT2D eigenvalue weighted by molar-refractivity contribution is 6.87. The molecule has 1 fully saturated rings. The summed E-state index contributed by atoms with van der Waals surface area (Å²) in [7, 11) is -0.407. The topological polar surface area (TPSA) is 64.6 Å². The Kier molecular flexibility index (Phi) is 6.84. The van der Waals surface area contributed by atoms with Crippen molar-refractivity contribution in [3.05, 3.63) is 0 Å². The number of ether oxygens (including phenoxy) is 2. The van der Waals surface area contributed by atoms with Crippen LogP contribution in [0.2, 0.25) is 18.1 Å². The standard InChI is InChI=1S/C17H29NO4Si/c1-17(2,3)23(5,6)11-7-8-14(16(20)21-4)18-15(19)13-9-10-22-12-13/h13-14H,8-10,12H2,1-6H3,(H,18,19)/t13-,14-/m0/s1. The lowest BCUT2D eigenvalue weighted by atomic mass is 10.1. The van der Waals surface area contributed by atoms with E-state index in [1.807, 2.05) is 0 Å². The van der Waals surface area contributed by atoms with Crippen LogP contribution in [-0.4, -0.2) is 46.3 Å². The minimum absolute atomic E-state index is 0.158. The second-order valence-corrected chi connectivity index (χ2v) is 12.5. The number of amides is 1. The molecule has 0 radical (unpaired) electrons. The van der Waals surface area contributed by atoms with Crippen LogP contribution in [0.1, 0.15) is 33.6 Å². The minimum Gasteiger partial charge on any atom is -0.467 e. The highest BCUT2D eigenvalue weighted by Gasteiger charge is 2.34. The highest BCUT2D eigenvalue weighted by atomic mass is 28.3. The van der Waals surface area contributed by atoms with Crippen molar-refractivity contribution in [2.45, 2.75) is 57.8 Å². The Balaban J connectivity index is 2.73. The molecule has 1 N–H and O–H groups in total. The van der Waals surface area contributed by atoms with Crippen LogP contribution in [0.5, 0.6) is 0 Å². The lowest BCUT2D eigenvalue weighted by Crippen LogP contribution is -2.44. The molecule has 1 aliphatic heterocycles. The first-order valence-corrected chi connectivity index (χ1v) is 11.0. The number of nitrogens with one attached hydrogen (secondary N) is 1. The number of rotatable bonds is 4. The van der Waals surface area contributed by atoms with Gasteiger partial charge in [-0.2, -0.15) is 0 Å². The van der Waals surface area contributed by atoms with E-state index in [1.165, 1.54) is 7.11 Å². The molecule has 2 atom stereocenters. The fraction of sp³-hybridized carbons (Fsp3) is 0.765. The van der Waals surface area contributed by atoms with Crippen LogP contribution >= 0.6 is 0 Å². The molecule has 0 aliphatic carbocycles. The van der Waals surface area contributed by atoms with Crippen LogP contribution in [0.3, 0.4) is 0 Å². The zero-order valence-corrected chi connectivity index (χ0v) is 16.1. The largest absolute Gasteiger partial charge is 0.467 e. The van der Waals surface area contributed by atoms with Crippen molar-refractivity contribution in [2.24, 2.45) is 5.92 Å². The molecule has 5 nitrogen and oxygen atoms in total. The maximum absolute atomic E-state index is 12.2. The molecule has 130 valence electrons. The van der Waals surface area contributed by atoms with Crippen LogP contribution in [0.4, 0.5) is 0 Å². The zero-order chi connectivity index (χ0) is 17.7. The van der Waals surface area contributed by atoms with Gasteiger partial charge in [0.2, 0.25) is 5.91 Å². The van der Waals surface area contributed by atoms with Gasteiger partial charge in [0.25, 0.3) is 0 Å². The van der Waals surface area contributed by atoms with Gasteiger partial charge in [-0.3, -0.25) is 4.79 Å². The molecule has 0 bridgehead atoms. The Bertz CT molecular complexity index is 493. The zero-order valence-electron chi connectivity index (χ0n) is 15.1. The molecular weight excluding hydrogens is 310 g/mol. The summed E-state index contributed by atoms with van der Waals surface area (Å²) in [6, 6.07) is -0.717. The van der Waals surface area contributed by atoms with Gasteiger partial charge < -0.3 is 14.8 Å². The quantitative estimate of drug-likeness (QED) is 0.484. The van der Waals surface area contributed by atoms with E-state index in [-0.39, 0.29) is 23.3 Å². The van der Waals surface area contributed by atoms with Crippen LogP contribution < -0.4 is 5.32 Å². The van der Waals surface area contributed by atoms with Gasteiger partial charge in [-0.05, 0) is 11.5 Å². The third kappa shape index (κ3) is 5.67. The van der Waals surface area contributed by atoms with Gasteiger partial charge in [-0.1, -0.05) is 33.9 Å². The normalized spacial score (nSPS) is 19.5. The first-order chi connectivity index (χ1) is 10.6. The number of carbonyl (C=O) groups is 2. The van der Waals surface area contributed by atoms with Crippen molar-refractivity contribution >= 4 is 20.0 Å². The number of hydrogen-bond acceptors (Lipinski definition) is 4. The highest BCUT2D eigenvalue weighted by Crippen LogP contribution is 2.35. The number of carbonyl (C=O) groups excluding carboxylic acids is 2. The average molecular weight is 340 g/mol. The molecule has 23 heavy (non-hydrogen) atoms. The van der Waals surface area contributed by atoms with E-state index in [4.69, 9.17) is 9.47 Å². The predicted octanol–water partition coefficient (Wildman–Crippen LogP) is 2.12. The van der Waals surface area contributed by atoms with Crippen molar-refractivity contribution in [2.75, 3.05) is 20.3 Å². The fourth-order valence-corrected chi connectivity index (χ4v) is 2.85. The summed E-state index contributed by atoms with van der Waals surface area (Å²) >= 11 is 0. The molecule has 1 saturated heterocycles. The third-order valence-corrected chi connectivity index (χ3v) is 9.24. The van der Waals surface area contributed by atoms with Crippen molar-refractivity contribution in [1.82, 2.24) is 5.32 Å². The van der Waals surface area contributed by atoms with Gasteiger partial charge >= 0.3 is 5.97 Å². The molecule has 0 saturated carbocycles. The van der Waals surface area contributed by atoms with Crippen LogP contribution in [-0.2, 0) is 19.1 Å². The molecule has 0 aromatic heterocycles. The van der Waals surface area contributed by atoms with E-state index in [1.54, 1.807) is 0 Å². The van der Waals surface area contributed by atoms with Crippen molar-refractivity contribution in [3.8, 4) is 11.5 Å². The second-order valence-electron chi connectivity index (χ2n) is 7.53. The van der Waals surface area contributed by atoms with E-state index in [0.717, 1.165) is 0 Å². The van der Waals surface area contributed by atoms with Gasteiger partial charge in [-0.25, -0.2) is 4.79 Å². The van der Waals surface area contributed by atoms with Crippen molar-refractivity contribution in [1.29, 1.82) is 0 Å². The van der Waals surface area contributed by atoms with Crippen molar-refractivity contribution < 1.29 is 19.1 Å². The van der Waals surface area contributed by atoms with Crippen molar-refractivity contribution in [3.63, 3.8) is 0 Å². The Hall–Kier alpha value is -1.32.